The van der Waals surface area contributed by atoms with Gasteiger partial charge in [0.2, 0.25) is 0 Å². The van der Waals surface area contributed by atoms with E-state index in [9.17, 15) is 0 Å². The van der Waals surface area contributed by atoms with Crippen LogP contribution in [0.5, 0.6) is 5.75 Å². The van der Waals surface area contributed by atoms with Gasteiger partial charge in [-0.25, -0.2) is 0 Å². The van der Waals surface area contributed by atoms with Gasteiger partial charge in [-0.3, -0.25) is 0 Å². The molecule has 2 N–H and O–H groups in total. The summed E-state index contributed by atoms with van der Waals surface area (Å²) in [5.41, 5.74) is 6.60. The van der Waals surface area contributed by atoms with E-state index in [1.165, 1.54) is 0 Å². The molecule has 0 saturated heterocycles. The lowest BCUT2D eigenvalue weighted by Gasteiger charge is -2.04. The zero-order valence-corrected chi connectivity index (χ0v) is 9.29. The van der Waals surface area contributed by atoms with Crippen LogP contribution in [0.2, 0.25) is 5.02 Å². The van der Waals surface area contributed by atoms with E-state index in [0.29, 0.717) is 6.54 Å². The summed E-state index contributed by atoms with van der Waals surface area (Å²) in [7, 11) is 1.65. The first-order valence-corrected chi connectivity index (χ1v) is 5.16. The van der Waals surface area contributed by atoms with Crippen LogP contribution < -0.4 is 10.5 Å². The predicted octanol–water partition coefficient (Wildman–Crippen LogP) is 2.26. The third-order valence-corrected chi connectivity index (χ3v) is 2.71. The van der Waals surface area contributed by atoms with Crippen molar-refractivity contribution in [2.24, 2.45) is 5.73 Å². The maximum absolute atomic E-state index is 6.11. The maximum atomic E-state index is 6.11. The van der Waals surface area contributed by atoms with E-state index in [1.54, 1.807) is 7.11 Å². The van der Waals surface area contributed by atoms with Gasteiger partial charge in [-0.15, -0.1) is 0 Å². The minimum Gasteiger partial charge on any atom is -0.497 e. The predicted molar refractivity (Wildman–Crippen MR) is 62.6 cm³/mol. The van der Waals surface area contributed by atoms with Crippen molar-refractivity contribution >= 4 is 22.5 Å². The van der Waals surface area contributed by atoms with Crippen LogP contribution in [-0.4, -0.2) is 18.2 Å². The number of hydrogen-bond donors (Lipinski definition) is 1. The normalized spacial score (nSPS) is 10.9. The van der Waals surface area contributed by atoms with Crippen LogP contribution in [0.3, 0.4) is 0 Å². The van der Waals surface area contributed by atoms with E-state index in [1.807, 2.05) is 29.0 Å². The van der Waals surface area contributed by atoms with Gasteiger partial charge in [0.15, 0.2) is 0 Å². The standard InChI is InChI=1S/C11H13ClN2O/c1-15-8-2-3-9-10(12)7-14(5-4-13)11(9)6-8/h2-3,6-7H,4-5,13H2,1H3. The molecule has 1 aromatic carbocycles. The smallest absolute Gasteiger partial charge is 0.120 e. The van der Waals surface area contributed by atoms with E-state index in [2.05, 4.69) is 0 Å². The molecule has 0 bridgehead atoms. The Morgan fingerprint density at radius 3 is 2.93 bits per heavy atom. The van der Waals surface area contributed by atoms with Crippen molar-refractivity contribution in [3.05, 3.63) is 29.4 Å². The quantitative estimate of drug-likeness (QED) is 0.869. The van der Waals surface area contributed by atoms with Crippen LogP contribution in [-0.2, 0) is 6.54 Å². The molecule has 0 aliphatic carbocycles. The molecule has 0 fully saturated rings. The third-order valence-electron chi connectivity index (χ3n) is 2.41. The van der Waals surface area contributed by atoms with E-state index >= 15 is 0 Å². The Balaban J connectivity index is 2.60. The molecular formula is C11H13ClN2O. The monoisotopic (exact) mass is 224 g/mol. The van der Waals surface area contributed by atoms with Crippen molar-refractivity contribution in [1.82, 2.24) is 4.57 Å². The number of rotatable bonds is 3. The molecule has 0 aliphatic rings. The van der Waals surface area contributed by atoms with E-state index < -0.39 is 0 Å². The average Bonchev–Trinajstić information content (AvgIpc) is 2.56. The Hall–Kier alpha value is -1.19. The zero-order valence-electron chi connectivity index (χ0n) is 8.53. The van der Waals surface area contributed by atoms with Gasteiger partial charge in [-0.05, 0) is 12.1 Å². The number of ether oxygens (including phenoxy) is 1. The molecule has 1 heterocycles. The van der Waals surface area contributed by atoms with Gasteiger partial charge in [-0.2, -0.15) is 0 Å². The van der Waals surface area contributed by atoms with Crippen LogP contribution in [0.4, 0.5) is 0 Å². The second-order valence-electron chi connectivity index (χ2n) is 3.34. The van der Waals surface area contributed by atoms with Gasteiger partial charge >= 0.3 is 0 Å². The number of hydrogen-bond acceptors (Lipinski definition) is 2. The summed E-state index contributed by atoms with van der Waals surface area (Å²) < 4.78 is 7.22. The Morgan fingerprint density at radius 2 is 2.27 bits per heavy atom. The molecule has 0 saturated carbocycles. The molecule has 15 heavy (non-hydrogen) atoms. The second-order valence-corrected chi connectivity index (χ2v) is 3.75. The first-order chi connectivity index (χ1) is 7.26. The molecule has 0 unspecified atom stereocenters. The lowest BCUT2D eigenvalue weighted by atomic mass is 10.2. The molecule has 80 valence electrons. The summed E-state index contributed by atoms with van der Waals surface area (Å²) >= 11 is 6.11. The minimum absolute atomic E-state index is 0.595. The number of benzene rings is 1. The fourth-order valence-electron chi connectivity index (χ4n) is 1.68. The lowest BCUT2D eigenvalue weighted by molar-refractivity contribution is 0.415. The fourth-order valence-corrected chi connectivity index (χ4v) is 1.96. The van der Waals surface area contributed by atoms with Crippen molar-refractivity contribution in [3.63, 3.8) is 0 Å². The van der Waals surface area contributed by atoms with Crippen molar-refractivity contribution in [2.45, 2.75) is 6.54 Å². The lowest BCUT2D eigenvalue weighted by Crippen LogP contribution is -2.08. The summed E-state index contributed by atoms with van der Waals surface area (Å²) in [5.74, 6) is 0.829. The van der Waals surface area contributed by atoms with Crippen LogP contribution in [0.1, 0.15) is 0 Å². The number of methoxy groups -OCH3 is 1. The highest BCUT2D eigenvalue weighted by Gasteiger charge is 2.07. The molecule has 0 atom stereocenters. The third kappa shape index (κ3) is 1.80. The molecule has 0 radical (unpaired) electrons. The number of aromatic nitrogens is 1. The summed E-state index contributed by atoms with van der Waals surface area (Å²) in [4.78, 5) is 0. The molecule has 0 amide bonds. The summed E-state index contributed by atoms with van der Waals surface area (Å²) in [6, 6.07) is 5.83. The summed E-state index contributed by atoms with van der Waals surface area (Å²) in [6.45, 7) is 1.35. The van der Waals surface area contributed by atoms with Crippen LogP contribution >= 0.6 is 11.6 Å². The van der Waals surface area contributed by atoms with Crippen molar-refractivity contribution < 1.29 is 4.74 Å². The molecule has 0 spiro atoms. The number of nitrogens with two attached hydrogens (primary N) is 1. The molecule has 1 aromatic heterocycles. The van der Waals surface area contributed by atoms with Crippen LogP contribution in [0, 0.1) is 0 Å². The first-order valence-electron chi connectivity index (χ1n) is 4.78. The van der Waals surface area contributed by atoms with E-state index in [0.717, 1.165) is 28.2 Å². The Morgan fingerprint density at radius 1 is 1.47 bits per heavy atom. The summed E-state index contributed by atoms with van der Waals surface area (Å²) in [6.07, 6.45) is 1.90. The highest BCUT2D eigenvalue weighted by molar-refractivity contribution is 6.35. The Labute approximate surface area is 93.4 Å². The molecule has 2 aromatic rings. The van der Waals surface area contributed by atoms with Crippen molar-refractivity contribution in [1.29, 1.82) is 0 Å². The fraction of sp³-hybridized carbons (Fsp3) is 0.273. The Kier molecular flexibility index (Phi) is 2.84. The largest absolute Gasteiger partial charge is 0.497 e. The summed E-state index contributed by atoms with van der Waals surface area (Å²) in [5, 5.41) is 1.78. The molecule has 2 rings (SSSR count). The average molecular weight is 225 g/mol. The molecule has 3 nitrogen and oxygen atoms in total. The number of nitrogens with zero attached hydrogens (tertiary/aromatic N) is 1. The number of halogens is 1. The number of fused-ring (bicyclic) bond motifs is 1. The second kappa shape index (κ2) is 4.13. The van der Waals surface area contributed by atoms with Gasteiger partial charge in [-0.1, -0.05) is 11.6 Å². The Bertz CT molecular complexity index is 479. The highest BCUT2D eigenvalue weighted by Crippen LogP contribution is 2.28. The van der Waals surface area contributed by atoms with Gasteiger partial charge in [0.25, 0.3) is 0 Å². The SMILES string of the molecule is COc1ccc2c(Cl)cn(CCN)c2c1. The molecule has 0 aliphatic heterocycles. The van der Waals surface area contributed by atoms with Crippen LogP contribution in [0.25, 0.3) is 10.9 Å². The van der Waals surface area contributed by atoms with Gasteiger partial charge in [0, 0.05) is 30.7 Å². The first kappa shape index (κ1) is 10.3. The topological polar surface area (TPSA) is 40.2 Å². The van der Waals surface area contributed by atoms with Crippen molar-refractivity contribution in [2.75, 3.05) is 13.7 Å². The van der Waals surface area contributed by atoms with Crippen molar-refractivity contribution in [3.8, 4) is 5.75 Å². The molecule has 4 heteroatoms. The van der Waals surface area contributed by atoms with E-state index in [4.69, 9.17) is 22.1 Å². The highest BCUT2D eigenvalue weighted by atomic mass is 35.5. The van der Waals surface area contributed by atoms with Gasteiger partial charge in [0.1, 0.15) is 5.75 Å². The molecular weight excluding hydrogens is 212 g/mol. The van der Waals surface area contributed by atoms with Crippen LogP contribution in [0.15, 0.2) is 24.4 Å². The zero-order chi connectivity index (χ0) is 10.8. The van der Waals surface area contributed by atoms with Gasteiger partial charge in [0.05, 0.1) is 17.6 Å². The van der Waals surface area contributed by atoms with E-state index in [-0.39, 0.29) is 0 Å². The van der Waals surface area contributed by atoms with Gasteiger partial charge < -0.3 is 15.0 Å². The maximum Gasteiger partial charge on any atom is 0.120 e. The minimum atomic E-state index is 0.595.